The van der Waals surface area contributed by atoms with Gasteiger partial charge >= 0.3 is 0 Å². The summed E-state index contributed by atoms with van der Waals surface area (Å²) in [7, 11) is 2.05. The van der Waals surface area contributed by atoms with Crippen molar-refractivity contribution in [2.24, 2.45) is 7.05 Å². The van der Waals surface area contributed by atoms with Crippen LogP contribution in [0.1, 0.15) is 41.0 Å². The molecule has 0 atom stereocenters. The quantitative estimate of drug-likeness (QED) is 0.557. The van der Waals surface area contributed by atoms with Gasteiger partial charge in [-0.2, -0.15) is 0 Å². The molecule has 2 rings (SSSR count). The molecule has 0 amide bonds. The van der Waals surface area contributed by atoms with Crippen LogP contribution in [0.25, 0.3) is 0 Å². The standard InChI is InChI=1S/C11H15NO/c1-8-7-9-10(12(8)2)5-3-4-6-11(9)13/h7H,3-6H2,1-2H3. The molecule has 0 radical (unpaired) electrons. The normalized spacial score (nSPS) is 16.9. The Kier molecular flexibility index (Phi) is 1.98. The third-order valence-electron chi connectivity index (χ3n) is 2.97. The van der Waals surface area contributed by atoms with Crippen LogP contribution in [0.5, 0.6) is 0 Å². The molecule has 1 aromatic heterocycles. The summed E-state index contributed by atoms with van der Waals surface area (Å²) in [4.78, 5) is 11.7. The van der Waals surface area contributed by atoms with E-state index in [4.69, 9.17) is 0 Å². The summed E-state index contributed by atoms with van der Waals surface area (Å²) in [6.07, 6.45) is 3.99. The Morgan fingerprint density at radius 1 is 1.31 bits per heavy atom. The maximum Gasteiger partial charge on any atom is 0.164 e. The number of fused-ring (bicyclic) bond motifs is 1. The van der Waals surface area contributed by atoms with Crippen LogP contribution in [-0.4, -0.2) is 10.4 Å². The second-order valence-electron chi connectivity index (χ2n) is 3.84. The monoisotopic (exact) mass is 177 g/mol. The summed E-state index contributed by atoms with van der Waals surface area (Å²) in [6.45, 7) is 2.06. The number of aromatic nitrogens is 1. The van der Waals surface area contributed by atoms with Gasteiger partial charge in [0, 0.05) is 30.4 Å². The Morgan fingerprint density at radius 2 is 2.00 bits per heavy atom. The Balaban J connectivity index is 2.53. The predicted octanol–water partition coefficient (Wildman–Crippen LogP) is 2.24. The molecule has 1 aliphatic rings. The van der Waals surface area contributed by atoms with Crippen molar-refractivity contribution in [1.29, 1.82) is 0 Å². The lowest BCUT2D eigenvalue weighted by Crippen LogP contribution is -2.01. The molecule has 0 bridgehead atoms. The van der Waals surface area contributed by atoms with Gasteiger partial charge in [0.2, 0.25) is 0 Å². The summed E-state index contributed by atoms with van der Waals surface area (Å²) >= 11 is 0. The molecule has 0 aromatic carbocycles. The van der Waals surface area contributed by atoms with Gasteiger partial charge in [-0.05, 0) is 32.3 Å². The van der Waals surface area contributed by atoms with E-state index < -0.39 is 0 Å². The number of nitrogens with zero attached hydrogens (tertiary/aromatic N) is 1. The highest BCUT2D eigenvalue weighted by molar-refractivity contribution is 5.97. The zero-order valence-corrected chi connectivity index (χ0v) is 8.26. The molecule has 0 saturated carbocycles. The molecule has 0 unspecified atom stereocenters. The Labute approximate surface area is 78.6 Å². The number of ketones is 1. The van der Waals surface area contributed by atoms with Gasteiger partial charge in [0.05, 0.1) is 0 Å². The summed E-state index contributed by atoms with van der Waals surface area (Å²) < 4.78 is 2.15. The zero-order valence-electron chi connectivity index (χ0n) is 8.26. The van der Waals surface area contributed by atoms with Crippen molar-refractivity contribution >= 4 is 5.78 Å². The minimum absolute atomic E-state index is 0.330. The molecule has 70 valence electrons. The number of hydrogen-bond acceptors (Lipinski definition) is 1. The van der Waals surface area contributed by atoms with E-state index in [9.17, 15) is 4.79 Å². The first-order valence-corrected chi connectivity index (χ1v) is 4.88. The lowest BCUT2D eigenvalue weighted by Gasteiger charge is -2.03. The molecular weight excluding hydrogens is 162 g/mol. The maximum absolute atomic E-state index is 11.7. The molecule has 0 N–H and O–H groups in total. The van der Waals surface area contributed by atoms with Crippen molar-refractivity contribution < 1.29 is 4.79 Å². The van der Waals surface area contributed by atoms with Gasteiger partial charge < -0.3 is 4.57 Å². The third kappa shape index (κ3) is 1.30. The fraction of sp³-hybridized carbons (Fsp3) is 0.545. The van der Waals surface area contributed by atoms with Gasteiger partial charge in [0.15, 0.2) is 5.78 Å². The second-order valence-corrected chi connectivity index (χ2v) is 3.84. The van der Waals surface area contributed by atoms with E-state index in [1.165, 1.54) is 11.4 Å². The predicted molar refractivity (Wildman–Crippen MR) is 52.0 cm³/mol. The topological polar surface area (TPSA) is 22.0 Å². The Morgan fingerprint density at radius 3 is 2.77 bits per heavy atom. The number of carbonyl (C=O) groups is 1. The van der Waals surface area contributed by atoms with Gasteiger partial charge in [-0.1, -0.05) is 0 Å². The highest BCUT2D eigenvalue weighted by Crippen LogP contribution is 2.22. The van der Waals surface area contributed by atoms with Crippen LogP contribution in [-0.2, 0) is 13.5 Å². The van der Waals surface area contributed by atoms with Crippen LogP contribution in [0.15, 0.2) is 6.07 Å². The molecule has 0 saturated heterocycles. The number of hydrogen-bond donors (Lipinski definition) is 0. The minimum atomic E-state index is 0.330. The number of rotatable bonds is 0. The minimum Gasteiger partial charge on any atom is -0.351 e. The zero-order chi connectivity index (χ0) is 9.42. The largest absolute Gasteiger partial charge is 0.351 e. The van der Waals surface area contributed by atoms with Crippen LogP contribution < -0.4 is 0 Å². The number of Topliss-reactive ketones (excluding diaryl/α,β-unsaturated/α-hetero) is 1. The Hall–Kier alpha value is -1.05. The molecule has 2 heteroatoms. The van der Waals surface area contributed by atoms with Crippen LogP contribution in [0.2, 0.25) is 0 Å². The molecule has 0 fully saturated rings. The van der Waals surface area contributed by atoms with Crippen molar-refractivity contribution in [2.45, 2.75) is 32.6 Å². The van der Waals surface area contributed by atoms with Crippen molar-refractivity contribution in [3.05, 3.63) is 23.0 Å². The van der Waals surface area contributed by atoms with E-state index in [1.54, 1.807) is 0 Å². The van der Waals surface area contributed by atoms with E-state index in [0.29, 0.717) is 5.78 Å². The average Bonchev–Trinajstić information content (AvgIpc) is 2.30. The van der Waals surface area contributed by atoms with Crippen LogP contribution in [0, 0.1) is 6.92 Å². The lowest BCUT2D eigenvalue weighted by atomic mass is 10.1. The summed E-state index contributed by atoms with van der Waals surface area (Å²) in [5, 5.41) is 0. The second kappa shape index (κ2) is 3.02. The summed E-state index contributed by atoms with van der Waals surface area (Å²) in [5.41, 5.74) is 3.40. The van der Waals surface area contributed by atoms with E-state index in [0.717, 1.165) is 31.2 Å². The fourth-order valence-corrected chi connectivity index (χ4v) is 2.04. The van der Waals surface area contributed by atoms with Crippen molar-refractivity contribution in [2.75, 3.05) is 0 Å². The fourth-order valence-electron chi connectivity index (χ4n) is 2.04. The lowest BCUT2D eigenvalue weighted by molar-refractivity contribution is 0.0982. The van der Waals surface area contributed by atoms with Crippen molar-refractivity contribution in [3.63, 3.8) is 0 Å². The molecule has 2 nitrogen and oxygen atoms in total. The number of aryl methyl sites for hydroxylation is 1. The van der Waals surface area contributed by atoms with Gasteiger partial charge in [-0.25, -0.2) is 0 Å². The van der Waals surface area contributed by atoms with E-state index in [-0.39, 0.29) is 0 Å². The van der Waals surface area contributed by atoms with Gasteiger partial charge in [0.1, 0.15) is 0 Å². The van der Waals surface area contributed by atoms with Crippen molar-refractivity contribution in [1.82, 2.24) is 4.57 Å². The maximum atomic E-state index is 11.7. The van der Waals surface area contributed by atoms with Gasteiger partial charge in [-0.3, -0.25) is 4.79 Å². The molecule has 13 heavy (non-hydrogen) atoms. The van der Waals surface area contributed by atoms with E-state index >= 15 is 0 Å². The molecule has 1 heterocycles. The highest BCUT2D eigenvalue weighted by Gasteiger charge is 2.19. The van der Waals surface area contributed by atoms with E-state index in [1.807, 2.05) is 13.1 Å². The molecule has 0 spiro atoms. The van der Waals surface area contributed by atoms with Crippen LogP contribution in [0.3, 0.4) is 0 Å². The molecule has 1 aliphatic carbocycles. The first kappa shape index (κ1) is 8.54. The smallest absolute Gasteiger partial charge is 0.164 e. The van der Waals surface area contributed by atoms with Crippen LogP contribution in [0.4, 0.5) is 0 Å². The van der Waals surface area contributed by atoms with E-state index in [2.05, 4.69) is 11.5 Å². The highest BCUT2D eigenvalue weighted by atomic mass is 16.1. The third-order valence-corrected chi connectivity index (χ3v) is 2.97. The molecule has 0 aliphatic heterocycles. The van der Waals surface area contributed by atoms with Crippen molar-refractivity contribution in [3.8, 4) is 0 Å². The molecular formula is C11H15NO. The molecule has 1 aromatic rings. The van der Waals surface area contributed by atoms with Gasteiger partial charge in [0.25, 0.3) is 0 Å². The van der Waals surface area contributed by atoms with Gasteiger partial charge in [-0.15, -0.1) is 0 Å². The first-order chi connectivity index (χ1) is 6.20. The average molecular weight is 177 g/mol. The van der Waals surface area contributed by atoms with Crippen LogP contribution >= 0.6 is 0 Å². The number of carbonyl (C=O) groups excluding carboxylic acids is 1. The summed E-state index contributed by atoms with van der Waals surface area (Å²) in [5.74, 6) is 0.330. The SMILES string of the molecule is Cc1cc2c(n1C)CCCCC2=O. The Bertz CT molecular complexity index is 349. The summed E-state index contributed by atoms with van der Waals surface area (Å²) in [6, 6.07) is 2.03. The first-order valence-electron chi connectivity index (χ1n) is 4.88.